The van der Waals surface area contributed by atoms with E-state index in [2.05, 4.69) is 23.4 Å². The van der Waals surface area contributed by atoms with Crippen molar-refractivity contribution in [3.63, 3.8) is 0 Å². The van der Waals surface area contributed by atoms with Crippen molar-refractivity contribution in [2.24, 2.45) is 0 Å². The first-order valence-corrected chi connectivity index (χ1v) is 6.88. The molecule has 0 radical (unpaired) electrons. The van der Waals surface area contributed by atoms with Crippen LogP contribution in [0.2, 0.25) is 0 Å². The summed E-state index contributed by atoms with van der Waals surface area (Å²) < 4.78 is 1.83. The quantitative estimate of drug-likeness (QED) is 0.764. The molecule has 0 aliphatic heterocycles. The highest BCUT2D eigenvalue weighted by atomic mass is 16.3. The molecule has 21 heavy (non-hydrogen) atoms. The molecule has 0 amide bonds. The van der Waals surface area contributed by atoms with Gasteiger partial charge in [-0.2, -0.15) is 5.10 Å². The van der Waals surface area contributed by atoms with Crippen LogP contribution >= 0.6 is 0 Å². The van der Waals surface area contributed by atoms with Gasteiger partial charge in [0.05, 0.1) is 5.69 Å². The average molecular weight is 279 g/mol. The molecular weight excluding hydrogens is 262 g/mol. The van der Waals surface area contributed by atoms with E-state index in [0.717, 1.165) is 16.9 Å². The van der Waals surface area contributed by atoms with Crippen molar-refractivity contribution < 1.29 is 5.11 Å². The summed E-state index contributed by atoms with van der Waals surface area (Å²) >= 11 is 0. The van der Waals surface area contributed by atoms with Gasteiger partial charge in [0.15, 0.2) is 0 Å². The topological polar surface area (TPSA) is 50.1 Å². The molecule has 1 atom stereocenters. The molecule has 106 valence electrons. The molecule has 1 heterocycles. The smallest absolute Gasteiger partial charge is 0.115 e. The Labute approximate surface area is 123 Å². The Balaban J connectivity index is 1.78. The molecular formula is C17H17N3O. The molecule has 0 aliphatic rings. The first-order chi connectivity index (χ1) is 10.2. The molecule has 4 nitrogen and oxygen atoms in total. The van der Waals surface area contributed by atoms with Crippen LogP contribution in [-0.2, 0) is 0 Å². The molecule has 2 aromatic carbocycles. The average Bonchev–Trinajstić information content (AvgIpc) is 3.02. The minimum absolute atomic E-state index is 0.151. The third-order valence-corrected chi connectivity index (χ3v) is 3.39. The zero-order valence-corrected chi connectivity index (χ0v) is 11.8. The number of benzene rings is 2. The van der Waals surface area contributed by atoms with Crippen molar-refractivity contribution >= 4 is 5.69 Å². The summed E-state index contributed by atoms with van der Waals surface area (Å²) in [5, 5.41) is 17.0. The lowest BCUT2D eigenvalue weighted by molar-refractivity contribution is 0.475. The van der Waals surface area contributed by atoms with Gasteiger partial charge >= 0.3 is 0 Å². The summed E-state index contributed by atoms with van der Waals surface area (Å²) in [5.41, 5.74) is 3.17. The van der Waals surface area contributed by atoms with Gasteiger partial charge in [0.2, 0.25) is 0 Å². The lowest BCUT2D eigenvalue weighted by Crippen LogP contribution is -2.07. The van der Waals surface area contributed by atoms with Crippen LogP contribution in [0.4, 0.5) is 5.69 Å². The van der Waals surface area contributed by atoms with Crippen molar-refractivity contribution in [3.8, 4) is 11.4 Å². The van der Waals surface area contributed by atoms with Crippen LogP contribution in [0.5, 0.6) is 5.75 Å². The number of aromatic hydroxyl groups is 1. The van der Waals surface area contributed by atoms with E-state index in [-0.39, 0.29) is 11.8 Å². The number of nitrogens with one attached hydrogen (secondary N) is 1. The number of phenols is 1. The highest BCUT2D eigenvalue weighted by molar-refractivity contribution is 5.52. The monoisotopic (exact) mass is 279 g/mol. The highest BCUT2D eigenvalue weighted by Gasteiger charge is 2.06. The number of phenolic OH excluding ortho intramolecular Hbond substituents is 1. The van der Waals surface area contributed by atoms with E-state index in [9.17, 15) is 5.11 Å². The van der Waals surface area contributed by atoms with E-state index >= 15 is 0 Å². The molecule has 3 rings (SSSR count). The highest BCUT2D eigenvalue weighted by Crippen LogP contribution is 2.22. The van der Waals surface area contributed by atoms with Gasteiger partial charge in [0.1, 0.15) is 5.75 Å². The van der Waals surface area contributed by atoms with Crippen molar-refractivity contribution in [2.75, 3.05) is 5.32 Å². The number of hydrogen-bond acceptors (Lipinski definition) is 3. The summed E-state index contributed by atoms with van der Waals surface area (Å²) in [4.78, 5) is 0. The molecule has 3 aromatic rings. The van der Waals surface area contributed by atoms with E-state index in [1.165, 1.54) is 0 Å². The van der Waals surface area contributed by atoms with Crippen molar-refractivity contribution in [2.45, 2.75) is 13.0 Å². The van der Waals surface area contributed by atoms with Crippen LogP contribution in [-0.4, -0.2) is 14.9 Å². The summed E-state index contributed by atoms with van der Waals surface area (Å²) in [7, 11) is 0. The van der Waals surface area contributed by atoms with Gasteiger partial charge in [0, 0.05) is 24.1 Å². The van der Waals surface area contributed by atoms with Crippen LogP contribution in [0.15, 0.2) is 67.0 Å². The fourth-order valence-corrected chi connectivity index (χ4v) is 2.26. The summed E-state index contributed by atoms with van der Waals surface area (Å²) in [6.45, 7) is 2.09. The van der Waals surface area contributed by atoms with Crippen molar-refractivity contribution in [1.29, 1.82) is 0 Å². The maximum absolute atomic E-state index is 9.34. The van der Waals surface area contributed by atoms with Crippen molar-refractivity contribution in [1.82, 2.24) is 9.78 Å². The number of nitrogens with zero attached hydrogens (tertiary/aromatic N) is 2. The molecule has 0 saturated heterocycles. The minimum atomic E-state index is 0.151. The maximum atomic E-state index is 9.34. The Bertz CT molecular complexity index is 705. The van der Waals surface area contributed by atoms with Gasteiger partial charge in [-0.3, -0.25) is 0 Å². The van der Waals surface area contributed by atoms with Crippen molar-refractivity contribution in [3.05, 3.63) is 72.6 Å². The Morgan fingerprint density at radius 3 is 2.62 bits per heavy atom. The SMILES string of the molecule is CC(Nc1cccc(-n2cccn2)c1)c1ccc(O)cc1. The lowest BCUT2D eigenvalue weighted by Gasteiger charge is -2.16. The van der Waals surface area contributed by atoms with Gasteiger partial charge in [0.25, 0.3) is 0 Å². The number of aromatic nitrogens is 2. The first-order valence-electron chi connectivity index (χ1n) is 6.88. The Hall–Kier alpha value is -2.75. The second-order valence-corrected chi connectivity index (χ2v) is 4.96. The zero-order valence-electron chi connectivity index (χ0n) is 11.8. The molecule has 0 spiro atoms. The largest absolute Gasteiger partial charge is 0.508 e. The van der Waals surface area contributed by atoms with E-state index in [1.54, 1.807) is 18.3 Å². The lowest BCUT2D eigenvalue weighted by atomic mass is 10.1. The van der Waals surface area contributed by atoms with Gasteiger partial charge in [-0.1, -0.05) is 18.2 Å². The van der Waals surface area contributed by atoms with Crippen LogP contribution in [0.25, 0.3) is 5.69 Å². The Morgan fingerprint density at radius 1 is 1.10 bits per heavy atom. The van der Waals surface area contributed by atoms with Gasteiger partial charge in [-0.05, 0) is 48.9 Å². The predicted octanol–water partition coefficient (Wildman–Crippen LogP) is 3.75. The van der Waals surface area contributed by atoms with Crippen LogP contribution in [0, 0.1) is 0 Å². The Morgan fingerprint density at radius 2 is 1.90 bits per heavy atom. The fraction of sp³-hybridized carbons (Fsp3) is 0.118. The van der Waals surface area contributed by atoms with Gasteiger partial charge in [-0.15, -0.1) is 0 Å². The van der Waals surface area contributed by atoms with Crippen LogP contribution in [0.3, 0.4) is 0 Å². The van der Waals surface area contributed by atoms with E-state index < -0.39 is 0 Å². The standard InChI is InChI=1S/C17H17N3O/c1-13(14-6-8-17(21)9-7-14)19-15-4-2-5-16(12-15)20-11-3-10-18-20/h2-13,19,21H,1H3. The molecule has 0 saturated carbocycles. The van der Waals surface area contributed by atoms with Gasteiger partial charge < -0.3 is 10.4 Å². The Kier molecular flexibility index (Phi) is 3.60. The first kappa shape index (κ1) is 13.2. The van der Waals surface area contributed by atoms with Gasteiger partial charge in [-0.25, -0.2) is 4.68 Å². The van der Waals surface area contributed by atoms with Crippen LogP contribution in [0.1, 0.15) is 18.5 Å². The molecule has 0 fully saturated rings. The molecule has 0 aliphatic carbocycles. The number of rotatable bonds is 4. The fourth-order valence-electron chi connectivity index (χ4n) is 2.26. The summed E-state index contributed by atoms with van der Waals surface area (Å²) in [5.74, 6) is 0.284. The number of anilines is 1. The second kappa shape index (κ2) is 5.71. The van der Waals surface area contributed by atoms with Crippen LogP contribution < -0.4 is 5.32 Å². The van der Waals surface area contributed by atoms with E-state index in [0.29, 0.717) is 0 Å². The molecule has 1 unspecified atom stereocenters. The summed E-state index contributed by atoms with van der Waals surface area (Å²) in [6.07, 6.45) is 3.68. The predicted molar refractivity (Wildman–Crippen MR) is 83.7 cm³/mol. The molecule has 4 heteroatoms. The molecule has 2 N–H and O–H groups in total. The third kappa shape index (κ3) is 3.05. The minimum Gasteiger partial charge on any atom is -0.508 e. The summed E-state index contributed by atoms with van der Waals surface area (Å²) in [6, 6.07) is 17.4. The normalized spacial score (nSPS) is 12.0. The molecule has 0 bridgehead atoms. The maximum Gasteiger partial charge on any atom is 0.115 e. The second-order valence-electron chi connectivity index (χ2n) is 4.96. The zero-order chi connectivity index (χ0) is 14.7. The van der Waals surface area contributed by atoms with E-state index in [1.807, 2.05) is 47.3 Å². The number of hydrogen-bond donors (Lipinski definition) is 2. The molecule has 1 aromatic heterocycles. The third-order valence-electron chi connectivity index (χ3n) is 3.39. The van der Waals surface area contributed by atoms with E-state index in [4.69, 9.17) is 0 Å².